The molecule has 1 saturated heterocycles. The Hall–Kier alpha value is -0.650. The Morgan fingerprint density at radius 1 is 1.58 bits per heavy atom. The van der Waals surface area contributed by atoms with Crippen molar-refractivity contribution in [3.63, 3.8) is 0 Å². The van der Waals surface area contributed by atoms with Crippen LogP contribution in [0.2, 0.25) is 0 Å². The van der Waals surface area contributed by atoms with Gasteiger partial charge in [-0.2, -0.15) is 0 Å². The Kier molecular flexibility index (Phi) is 4.81. The van der Waals surface area contributed by atoms with Crippen LogP contribution in [0.3, 0.4) is 0 Å². The summed E-state index contributed by atoms with van der Waals surface area (Å²) >= 11 is 0. The van der Waals surface area contributed by atoms with Crippen LogP contribution >= 0.6 is 0 Å². The smallest absolute Gasteiger partial charge is 0.325 e. The monoisotopic (exact) mass is 270 g/mol. The predicted octanol–water partition coefficient (Wildman–Crippen LogP) is 0.910. The molecule has 110 valence electrons. The Morgan fingerprint density at radius 3 is 3.05 bits per heavy atom. The second-order valence-electron chi connectivity index (χ2n) is 5.77. The first kappa shape index (κ1) is 14.8. The van der Waals surface area contributed by atoms with E-state index in [4.69, 9.17) is 15.2 Å². The van der Waals surface area contributed by atoms with Gasteiger partial charge in [-0.15, -0.1) is 0 Å². The maximum Gasteiger partial charge on any atom is 0.325 e. The summed E-state index contributed by atoms with van der Waals surface area (Å²) in [5, 5.41) is 0. The van der Waals surface area contributed by atoms with Gasteiger partial charge in [0.25, 0.3) is 0 Å². The van der Waals surface area contributed by atoms with Crippen molar-refractivity contribution in [1.29, 1.82) is 0 Å². The lowest BCUT2D eigenvalue weighted by Crippen LogP contribution is -2.59. The van der Waals surface area contributed by atoms with Gasteiger partial charge in [0.1, 0.15) is 5.54 Å². The van der Waals surface area contributed by atoms with Crippen LogP contribution in [0.15, 0.2) is 0 Å². The number of methoxy groups -OCH3 is 1. The van der Waals surface area contributed by atoms with Crippen molar-refractivity contribution < 1.29 is 14.3 Å². The Morgan fingerprint density at radius 2 is 2.37 bits per heavy atom. The van der Waals surface area contributed by atoms with E-state index in [2.05, 4.69) is 11.8 Å². The molecule has 3 atom stereocenters. The Labute approximate surface area is 115 Å². The van der Waals surface area contributed by atoms with Crippen LogP contribution in [0, 0.1) is 0 Å². The fraction of sp³-hybridized carbons (Fsp3) is 0.929. The molecule has 19 heavy (non-hydrogen) atoms. The van der Waals surface area contributed by atoms with Crippen molar-refractivity contribution in [3.05, 3.63) is 0 Å². The maximum absolute atomic E-state index is 11.9. The molecule has 1 aliphatic carbocycles. The van der Waals surface area contributed by atoms with E-state index in [9.17, 15) is 4.79 Å². The van der Waals surface area contributed by atoms with Crippen LogP contribution in [-0.4, -0.2) is 55.4 Å². The van der Waals surface area contributed by atoms with Gasteiger partial charge in [-0.1, -0.05) is 6.92 Å². The van der Waals surface area contributed by atoms with E-state index in [1.807, 2.05) is 0 Å². The van der Waals surface area contributed by atoms with Gasteiger partial charge in [-0.3, -0.25) is 9.69 Å². The number of rotatable bonds is 3. The van der Waals surface area contributed by atoms with Crippen LogP contribution in [0.4, 0.5) is 0 Å². The third-order valence-electron chi connectivity index (χ3n) is 4.57. The summed E-state index contributed by atoms with van der Waals surface area (Å²) in [6.45, 7) is 4.71. The lowest BCUT2D eigenvalue weighted by molar-refractivity contribution is -0.150. The van der Waals surface area contributed by atoms with Crippen LogP contribution in [-0.2, 0) is 14.3 Å². The third-order valence-corrected chi connectivity index (χ3v) is 4.57. The molecule has 0 spiro atoms. The highest BCUT2D eigenvalue weighted by atomic mass is 16.5. The zero-order valence-electron chi connectivity index (χ0n) is 12.1. The molecular formula is C14H26N2O3. The van der Waals surface area contributed by atoms with Crippen molar-refractivity contribution in [3.8, 4) is 0 Å². The van der Waals surface area contributed by atoms with E-state index in [0.29, 0.717) is 18.5 Å². The molecule has 2 aliphatic rings. The summed E-state index contributed by atoms with van der Waals surface area (Å²) in [7, 11) is 1.42. The van der Waals surface area contributed by atoms with Gasteiger partial charge in [0.05, 0.1) is 20.3 Å². The highest BCUT2D eigenvalue weighted by Gasteiger charge is 2.43. The fourth-order valence-corrected chi connectivity index (χ4v) is 3.45. The molecule has 0 aromatic rings. The molecule has 0 amide bonds. The highest BCUT2D eigenvalue weighted by molar-refractivity contribution is 5.80. The van der Waals surface area contributed by atoms with Crippen molar-refractivity contribution in [2.75, 3.05) is 26.9 Å². The minimum atomic E-state index is -0.797. The highest BCUT2D eigenvalue weighted by Crippen LogP contribution is 2.32. The van der Waals surface area contributed by atoms with E-state index in [1.54, 1.807) is 0 Å². The number of hydrogen-bond acceptors (Lipinski definition) is 5. The van der Waals surface area contributed by atoms with Gasteiger partial charge in [0, 0.05) is 18.6 Å². The average Bonchev–Trinajstić information content (AvgIpc) is 2.46. The van der Waals surface area contributed by atoms with Crippen molar-refractivity contribution in [1.82, 2.24) is 4.90 Å². The van der Waals surface area contributed by atoms with Gasteiger partial charge in [-0.05, 0) is 32.1 Å². The first-order chi connectivity index (χ1) is 9.10. The largest absolute Gasteiger partial charge is 0.468 e. The number of hydrogen-bond donors (Lipinski definition) is 1. The molecule has 1 saturated carbocycles. The molecule has 0 aromatic heterocycles. The lowest BCUT2D eigenvalue weighted by atomic mass is 9.78. The molecule has 5 nitrogen and oxygen atoms in total. The van der Waals surface area contributed by atoms with E-state index in [0.717, 1.165) is 45.4 Å². The topological polar surface area (TPSA) is 64.8 Å². The summed E-state index contributed by atoms with van der Waals surface area (Å²) in [4.78, 5) is 14.4. The van der Waals surface area contributed by atoms with Gasteiger partial charge in [-0.25, -0.2) is 0 Å². The molecule has 1 aliphatic heterocycles. The first-order valence-electron chi connectivity index (χ1n) is 7.31. The molecule has 2 fully saturated rings. The zero-order chi connectivity index (χ0) is 13.9. The lowest BCUT2D eigenvalue weighted by Gasteiger charge is -2.46. The van der Waals surface area contributed by atoms with Crippen LogP contribution < -0.4 is 5.73 Å². The first-order valence-corrected chi connectivity index (χ1v) is 7.31. The van der Waals surface area contributed by atoms with Gasteiger partial charge in [0.15, 0.2) is 0 Å². The average molecular weight is 270 g/mol. The molecule has 3 unspecified atom stereocenters. The van der Waals surface area contributed by atoms with Crippen LogP contribution in [0.1, 0.15) is 39.0 Å². The second-order valence-corrected chi connectivity index (χ2v) is 5.77. The van der Waals surface area contributed by atoms with Gasteiger partial charge in [0.2, 0.25) is 0 Å². The van der Waals surface area contributed by atoms with Gasteiger partial charge < -0.3 is 15.2 Å². The minimum Gasteiger partial charge on any atom is -0.468 e. The number of esters is 1. The van der Waals surface area contributed by atoms with E-state index < -0.39 is 5.54 Å². The Bertz CT molecular complexity index is 324. The number of nitrogens with two attached hydrogens (primary N) is 1. The van der Waals surface area contributed by atoms with E-state index >= 15 is 0 Å². The van der Waals surface area contributed by atoms with Gasteiger partial charge >= 0.3 is 5.97 Å². The molecular weight excluding hydrogens is 244 g/mol. The molecule has 2 N–H and O–H groups in total. The molecule has 0 radical (unpaired) electrons. The summed E-state index contributed by atoms with van der Waals surface area (Å²) in [5.41, 5.74) is 5.47. The predicted molar refractivity (Wildman–Crippen MR) is 72.8 cm³/mol. The van der Waals surface area contributed by atoms with E-state index in [-0.39, 0.29) is 5.97 Å². The number of morpholine rings is 1. The molecule has 0 aromatic carbocycles. The summed E-state index contributed by atoms with van der Waals surface area (Å²) in [5.74, 6) is -0.265. The summed E-state index contributed by atoms with van der Waals surface area (Å²) < 4.78 is 10.4. The molecule has 2 rings (SSSR count). The van der Waals surface area contributed by atoms with Crippen molar-refractivity contribution in [2.45, 2.75) is 56.7 Å². The number of nitrogens with zero attached hydrogens (tertiary/aromatic N) is 1. The van der Waals surface area contributed by atoms with E-state index in [1.165, 1.54) is 7.11 Å². The zero-order valence-corrected chi connectivity index (χ0v) is 12.1. The minimum absolute atomic E-state index is 0.265. The normalized spacial score (nSPS) is 37.0. The SMILES string of the molecule is CCC1COCCN1C1CCCC(N)(C(=O)OC)C1. The van der Waals surface area contributed by atoms with Crippen LogP contribution in [0.5, 0.6) is 0 Å². The number of carbonyl (C=O) groups excluding carboxylic acids is 1. The third kappa shape index (κ3) is 3.09. The summed E-state index contributed by atoms with van der Waals surface area (Å²) in [6.07, 6.45) is 4.62. The fourth-order valence-electron chi connectivity index (χ4n) is 3.45. The number of ether oxygens (including phenoxy) is 2. The van der Waals surface area contributed by atoms with Crippen LogP contribution in [0.25, 0.3) is 0 Å². The van der Waals surface area contributed by atoms with Crippen molar-refractivity contribution in [2.24, 2.45) is 5.73 Å². The van der Waals surface area contributed by atoms with Crippen molar-refractivity contribution >= 4 is 5.97 Å². The Balaban J connectivity index is 2.05. The molecule has 0 bridgehead atoms. The molecule has 1 heterocycles. The second kappa shape index (κ2) is 6.20. The standard InChI is InChI=1S/C14H26N2O3/c1-3-11-10-19-8-7-16(11)12-5-4-6-14(15,9-12)13(17)18-2/h11-12H,3-10,15H2,1-2H3. The molecule has 5 heteroatoms. The summed E-state index contributed by atoms with van der Waals surface area (Å²) in [6, 6.07) is 0.838. The quantitative estimate of drug-likeness (QED) is 0.772. The maximum atomic E-state index is 11.9. The number of carbonyl (C=O) groups is 1.